The fourth-order valence-electron chi connectivity index (χ4n) is 1.26. The molecule has 1 aromatic heterocycles. The SMILES string of the molecule is N#Cc1cnc(Sc2cccc(Br)c2)c(N)c1. The van der Waals surface area contributed by atoms with Gasteiger partial charge in [-0.15, -0.1) is 0 Å². The summed E-state index contributed by atoms with van der Waals surface area (Å²) >= 11 is 4.88. The minimum atomic E-state index is 0.473. The van der Waals surface area contributed by atoms with Crippen LogP contribution in [0.3, 0.4) is 0 Å². The third-order valence-electron chi connectivity index (χ3n) is 2.02. The van der Waals surface area contributed by atoms with Crippen LogP contribution in [0.2, 0.25) is 0 Å². The van der Waals surface area contributed by atoms with Crippen molar-refractivity contribution in [1.82, 2.24) is 4.98 Å². The first-order valence-corrected chi connectivity index (χ1v) is 6.39. The third-order valence-corrected chi connectivity index (χ3v) is 3.54. The second-order valence-electron chi connectivity index (χ2n) is 3.29. The molecule has 5 heteroatoms. The Hall–Kier alpha value is -1.51. The van der Waals surface area contributed by atoms with E-state index in [1.165, 1.54) is 18.0 Å². The molecule has 0 atom stereocenters. The first-order chi connectivity index (χ1) is 8.19. The molecule has 1 aromatic carbocycles. The summed E-state index contributed by atoms with van der Waals surface area (Å²) in [6.45, 7) is 0. The summed E-state index contributed by atoms with van der Waals surface area (Å²) < 4.78 is 1.01. The van der Waals surface area contributed by atoms with Crippen LogP contribution in [-0.2, 0) is 0 Å². The van der Waals surface area contributed by atoms with Gasteiger partial charge in [0.15, 0.2) is 0 Å². The number of benzene rings is 1. The van der Waals surface area contributed by atoms with E-state index in [9.17, 15) is 0 Å². The minimum absolute atomic E-state index is 0.473. The lowest BCUT2D eigenvalue weighted by Crippen LogP contribution is -1.93. The van der Waals surface area contributed by atoms with Crippen LogP contribution in [0.5, 0.6) is 0 Å². The zero-order chi connectivity index (χ0) is 12.3. The number of rotatable bonds is 2. The molecule has 84 valence electrons. The molecule has 2 N–H and O–H groups in total. The van der Waals surface area contributed by atoms with E-state index >= 15 is 0 Å². The maximum atomic E-state index is 8.72. The Labute approximate surface area is 112 Å². The summed E-state index contributed by atoms with van der Waals surface area (Å²) in [6, 6.07) is 11.5. The van der Waals surface area contributed by atoms with Gasteiger partial charge in [-0.3, -0.25) is 0 Å². The number of nitrogens with two attached hydrogens (primary N) is 1. The molecule has 0 unspecified atom stereocenters. The number of aromatic nitrogens is 1. The van der Waals surface area contributed by atoms with E-state index in [1.54, 1.807) is 6.07 Å². The zero-order valence-corrected chi connectivity index (χ0v) is 11.1. The van der Waals surface area contributed by atoms with Crippen LogP contribution < -0.4 is 5.73 Å². The summed E-state index contributed by atoms with van der Waals surface area (Å²) in [5.74, 6) is 0. The Morgan fingerprint density at radius 2 is 2.18 bits per heavy atom. The second kappa shape index (κ2) is 5.21. The molecule has 0 amide bonds. The molecule has 0 aliphatic heterocycles. The molecule has 2 rings (SSSR count). The van der Waals surface area contributed by atoms with Crippen LogP contribution in [0.1, 0.15) is 5.56 Å². The van der Waals surface area contributed by atoms with Crippen LogP contribution in [0.4, 0.5) is 5.69 Å². The molecular formula is C12H8BrN3S. The molecule has 3 nitrogen and oxygen atoms in total. The Morgan fingerprint density at radius 1 is 1.35 bits per heavy atom. The number of hydrogen-bond acceptors (Lipinski definition) is 4. The largest absolute Gasteiger partial charge is 0.396 e. The van der Waals surface area contributed by atoms with Gasteiger partial charge >= 0.3 is 0 Å². The van der Waals surface area contributed by atoms with Gasteiger partial charge in [0.2, 0.25) is 0 Å². The number of nitriles is 1. The molecule has 0 spiro atoms. The quantitative estimate of drug-likeness (QED) is 0.923. The number of anilines is 1. The van der Waals surface area contributed by atoms with Crippen molar-refractivity contribution in [2.24, 2.45) is 0 Å². The summed E-state index contributed by atoms with van der Waals surface area (Å²) in [6.07, 6.45) is 1.52. The van der Waals surface area contributed by atoms with Gasteiger partial charge in [-0.05, 0) is 24.3 Å². The molecule has 2 aromatic rings. The minimum Gasteiger partial charge on any atom is -0.396 e. The number of nitrogen functional groups attached to an aromatic ring is 1. The van der Waals surface area contributed by atoms with E-state index in [0.717, 1.165) is 9.37 Å². The Balaban J connectivity index is 2.28. The molecule has 0 fully saturated rings. The first kappa shape index (κ1) is 12.0. The Morgan fingerprint density at radius 3 is 2.82 bits per heavy atom. The highest BCUT2D eigenvalue weighted by molar-refractivity contribution is 9.10. The predicted molar refractivity (Wildman–Crippen MR) is 71.6 cm³/mol. The van der Waals surface area contributed by atoms with Gasteiger partial charge in [0.1, 0.15) is 11.1 Å². The van der Waals surface area contributed by atoms with Crippen molar-refractivity contribution in [1.29, 1.82) is 5.26 Å². The van der Waals surface area contributed by atoms with Crippen LogP contribution in [0.25, 0.3) is 0 Å². The first-order valence-electron chi connectivity index (χ1n) is 4.78. The standard InChI is InChI=1S/C12H8BrN3S/c13-9-2-1-3-10(5-9)17-12-11(15)4-8(6-14)7-16-12/h1-5,7H,15H2. The van der Waals surface area contributed by atoms with Crippen molar-refractivity contribution in [2.45, 2.75) is 9.92 Å². The molecule has 17 heavy (non-hydrogen) atoms. The van der Waals surface area contributed by atoms with E-state index < -0.39 is 0 Å². The number of hydrogen-bond donors (Lipinski definition) is 1. The smallest absolute Gasteiger partial charge is 0.124 e. The van der Waals surface area contributed by atoms with E-state index in [-0.39, 0.29) is 0 Å². The fourth-order valence-corrected chi connectivity index (χ4v) is 2.65. The highest BCUT2D eigenvalue weighted by Gasteiger charge is 2.05. The lowest BCUT2D eigenvalue weighted by atomic mass is 10.3. The van der Waals surface area contributed by atoms with Crippen molar-refractivity contribution in [3.8, 4) is 6.07 Å². The third kappa shape index (κ3) is 2.99. The van der Waals surface area contributed by atoms with Gasteiger partial charge in [0.25, 0.3) is 0 Å². The van der Waals surface area contributed by atoms with Gasteiger partial charge in [-0.2, -0.15) is 5.26 Å². The van der Waals surface area contributed by atoms with Gasteiger partial charge in [0.05, 0.1) is 11.3 Å². The average molecular weight is 306 g/mol. The maximum absolute atomic E-state index is 8.72. The highest BCUT2D eigenvalue weighted by atomic mass is 79.9. The molecular weight excluding hydrogens is 298 g/mol. The van der Waals surface area contributed by atoms with Gasteiger partial charge in [-0.25, -0.2) is 4.98 Å². The van der Waals surface area contributed by atoms with Gasteiger partial charge in [0, 0.05) is 15.6 Å². The molecule has 0 bridgehead atoms. The topological polar surface area (TPSA) is 62.7 Å². The molecule has 0 saturated heterocycles. The number of nitrogens with zero attached hydrogens (tertiary/aromatic N) is 2. The molecule has 0 radical (unpaired) electrons. The monoisotopic (exact) mass is 305 g/mol. The zero-order valence-electron chi connectivity index (χ0n) is 8.72. The highest BCUT2D eigenvalue weighted by Crippen LogP contribution is 2.31. The lowest BCUT2D eigenvalue weighted by molar-refractivity contribution is 1.13. The summed E-state index contributed by atoms with van der Waals surface area (Å²) in [4.78, 5) is 5.22. The lowest BCUT2D eigenvalue weighted by Gasteiger charge is -2.04. The van der Waals surface area contributed by atoms with E-state index in [1.807, 2.05) is 30.3 Å². The van der Waals surface area contributed by atoms with Crippen LogP contribution >= 0.6 is 27.7 Å². The van der Waals surface area contributed by atoms with Crippen molar-refractivity contribution >= 4 is 33.4 Å². The van der Waals surface area contributed by atoms with E-state index in [0.29, 0.717) is 16.3 Å². The molecule has 0 saturated carbocycles. The summed E-state index contributed by atoms with van der Waals surface area (Å²) in [5, 5.41) is 9.43. The molecule has 0 aliphatic rings. The van der Waals surface area contributed by atoms with Crippen molar-refractivity contribution in [2.75, 3.05) is 5.73 Å². The maximum Gasteiger partial charge on any atom is 0.124 e. The summed E-state index contributed by atoms with van der Waals surface area (Å²) in [5.41, 5.74) is 6.83. The van der Waals surface area contributed by atoms with Crippen molar-refractivity contribution in [3.63, 3.8) is 0 Å². The second-order valence-corrected chi connectivity index (χ2v) is 5.27. The number of pyridine rings is 1. The Bertz CT molecular complexity index is 593. The van der Waals surface area contributed by atoms with Gasteiger partial charge in [-0.1, -0.05) is 33.8 Å². The molecule has 0 aliphatic carbocycles. The van der Waals surface area contributed by atoms with Crippen LogP contribution in [0.15, 0.2) is 50.9 Å². The fraction of sp³-hybridized carbons (Fsp3) is 0. The van der Waals surface area contributed by atoms with E-state index in [2.05, 4.69) is 20.9 Å². The average Bonchev–Trinajstić information content (AvgIpc) is 2.32. The number of halogens is 1. The van der Waals surface area contributed by atoms with Crippen molar-refractivity contribution in [3.05, 3.63) is 46.6 Å². The van der Waals surface area contributed by atoms with Crippen molar-refractivity contribution < 1.29 is 0 Å². The normalized spacial score (nSPS) is 9.88. The molecule has 1 heterocycles. The summed E-state index contributed by atoms with van der Waals surface area (Å²) in [7, 11) is 0. The van der Waals surface area contributed by atoms with Crippen LogP contribution in [0, 0.1) is 11.3 Å². The Kier molecular flexibility index (Phi) is 3.67. The van der Waals surface area contributed by atoms with Crippen LogP contribution in [-0.4, -0.2) is 4.98 Å². The predicted octanol–water partition coefficient (Wildman–Crippen LogP) is 3.45. The van der Waals surface area contributed by atoms with E-state index in [4.69, 9.17) is 11.0 Å². The van der Waals surface area contributed by atoms with Gasteiger partial charge < -0.3 is 5.73 Å².